The van der Waals surface area contributed by atoms with E-state index in [0.717, 1.165) is 25.0 Å². The topological polar surface area (TPSA) is 99.5 Å². The van der Waals surface area contributed by atoms with Crippen molar-refractivity contribution in [3.63, 3.8) is 0 Å². The predicted molar refractivity (Wildman–Crippen MR) is 94.4 cm³/mol. The number of hydrogen-bond acceptors (Lipinski definition) is 6. The molecule has 1 N–H and O–H groups in total. The first kappa shape index (κ1) is 21.9. The second-order valence-electron chi connectivity index (χ2n) is 6.06. The summed E-state index contributed by atoms with van der Waals surface area (Å²) in [4.78, 5) is 36.1. The molecule has 1 atom stereocenters. The van der Waals surface area contributed by atoms with Gasteiger partial charge in [0, 0.05) is 11.4 Å². The SMILES string of the molecule is COC(=O)c1cc(NC(=O)C(C)n2nc(C(F)(F)F)cc2C)cc(C(=O)OC)c1. The van der Waals surface area contributed by atoms with E-state index in [-0.39, 0.29) is 22.5 Å². The Morgan fingerprint density at radius 1 is 1.03 bits per heavy atom. The lowest BCUT2D eigenvalue weighted by Crippen LogP contribution is -2.26. The Morgan fingerprint density at radius 3 is 1.97 bits per heavy atom. The third kappa shape index (κ3) is 4.92. The monoisotopic (exact) mass is 413 g/mol. The molecule has 0 aliphatic rings. The number of alkyl halides is 3. The number of ether oxygens (including phenoxy) is 2. The van der Waals surface area contributed by atoms with Crippen LogP contribution in [0.1, 0.15) is 45.1 Å². The molecule has 1 aromatic carbocycles. The summed E-state index contributed by atoms with van der Waals surface area (Å²) in [6, 6.07) is 3.48. The van der Waals surface area contributed by atoms with Gasteiger partial charge in [0.05, 0.1) is 25.3 Å². The summed E-state index contributed by atoms with van der Waals surface area (Å²) >= 11 is 0. The van der Waals surface area contributed by atoms with Crippen molar-refractivity contribution in [3.05, 3.63) is 46.8 Å². The van der Waals surface area contributed by atoms with Crippen LogP contribution < -0.4 is 5.32 Å². The zero-order chi connectivity index (χ0) is 21.9. The van der Waals surface area contributed by atoms with Crippen LogP contribution >= 0.6 is 0 Å². The summed E-state index contributed by atoms with van der Waals surface area (Å²) in [6.07, 6.45) is -4.64. The van der Waals surface area contributed by atoms with Crippen LogP contribution in [0.25, 0.3) is 0 Å². The van der Waals surface area contributed by atoms with Crippen LogP contribution in [0.3, 0.4) is 0 Å². The molecule has 2 rings (SSSR count). The highest BCUT2D eigenvalue weighted by molar-refractivity contribution is 6.00. The lowest BCUT2D eigenvalue weighted by molar-refractivity contribution is -0.141. The summed E-state index contributed by atoms with van der Waals surface area (Å²) in [5.41, 5.74) is -0.958. The third-order valence-electron chi connectivity index (χ3n) is 4.00. The quantitative estimate of drug-likeness (QED) is 0.757. The Bertz CT molecular complexity index is 918. The zero-order valence-electron chi connectivity index (χ0n) is 16.0. The van der Waals surface area contributed by atoms with E-state index in [1.165, 1.54) is 32.0 Å². The van der Waals surface area contributed by atoms with E-state index in [0.29, 0.717) is 0 Å². The summed E-state index contributed by atoms with van der Waals surface area (Å²) < 4.78 is 48.7. The predicted octanol–water partition coefficient (Wildman–Crippen LogP) is 2.98. The average molecular weight is 413 g/mol. The van der Waals surface area contributed by atoms with Crippen molar-refractivity contribution >= 4 is 23.5 Å². The van der Waals surface area contributed by atoms with Gasteiger partial charge < -0.3 is 14.8 Å². The van der Waals surface area contributed by atoms with Crippen molar-refractivity contribution < 1.29 is 37.0 Å². The Balaban J connectivity index is 2.33. The first-order valence-electron chi connectivity index (χ1n) is 8.23. The van der Waals surface area contributed by atoms with Crippen molar-refractivity contribution in [1.29, 1.82) is 0 Å². The molecule has 0 aliphatic carbocycles. The Morgan fingerprint density at radius 2 is 1.55 bits per heavy atom. The van der Waals surface area contributed by atoms with Gasteiger partial charge in [0.1, 0.15) is 6.04 Å². The lowest BCUT2D eigenvalue weighted by Gasteiger charge is -2.15. The summed E-state index contributed by atoms with van der Waals surface area (Å²) in [7, 11) is 2.29. The smallest absolute Gasteiger partial charge is 0.435 e. The van der Waals surface area contributed by atoms with Gasteiger partial charge in [-0.2, -0.15) is 18.3 Å². The van der Waals surface area contributed by atoms with Gasteiger partial charge in [-0.05, 0) is 38.1 Å². The molecule has 0 aliphatic heterocycles. The molecule has 1 amide bonds. The third-order valence-corrected chi connectivity index (χ3v) is 4.00. The number of carbonyl (C=O) groups is 3. The van der Waals surface area contributed by atoms with Crippen LogP contribution in [-0.4, -0.2) is 41.8 Å². The number of anilines is 1. The van der Waals surface area contributed by atoms with Gasteiger partial charge in [0.25, 0.3) is 0 Å². The normalized spacial score (nSPS) is 12.2. The number of esters is 2. The van der Waals surface area contributed by atoms with Crippen LogP contribution in [0.15, 0.2) is 24.3 Å². The number of methoxy groups -OCH3 is 2. The molecule has 1 unspecified atom stereocenters. The largest absolute Gasteiger partial charge is 0.465 e. The number of nitrogens with zero attached hydrogens (tertiary/aromatic N) is 2. The molecule has 8 nitrogen and oxygen atoms in total. The number of amides is 1. The number of aryl methyl sites for hydroxylation is 1. The van der Waals surface area contributed by atoms with Gasteiger partial charge in [-0.25, -0.2) is 9.59 Å². The van der Waals surface area contributed by atoms with E-state index >= 15 is 0 Å². The molecule has 0 fully saturated rings. The fourth-order valence-corrected chi connectivity index (χ4v) is 2.55. The molecule has 2 aromatic rings. The average Bonchev–Trinajstić information content (AvgIpc) is 3.07. The number of halogens is 3. The van der Waals surface area contributed by atoms with E-state index < -0.39 is 35.8 Å². The molecule has 0 saturated carbocycles. The van der Waals surface area contributed by atoms with Gasteiger partial charge in [0.2, 0.25) is 5.91 Å². The van der Waals surface area contributed by atoms with Crippen LogP contribution in [0.5, 0.6) is 0 Å². The minimum Gasteiger partial charge on any atom is -0.465 e. The standard InChI is InChI=1S/C18H18F3N3O5/c1-9-5-14(18(19,20)21)23-24(9)10(2)15(25)22-13-7-11(16(26)28-3)6-12(8-13)17(27)29-4/h5-8,10H,1-4H3,(H,22,25). The first-order chi connectivity index (χ1) is 13.5. The second kappa shape index (κ2) is 8.33. The van der Waals surface area contributed by atoms with Crippen LogP contribution in [0.2, 0.25) is 0 Å². The molecule has 29 heavy (non-hydrogen) atoms. The molecular formula is C18H18F3N3O5. The number of carbonyl (C=O) groups excluding carboxylic acids is 3. The highest BCUT2D eigenvalue weighted by Gasteiger charge is 2.35. The van der Waals surface area contributed by atoms with Gasteiger partial charge in [0.15, 0.2) is 5.69 Å². The zero-order valence-corrected chi connectivity index (χ0v) is 16.0. The van der Waals surface area contributed by atoms with E-state index in [2.05, 4.69) is 19.9 Å². The van der Waals surface area contributed by atoms with Crippen LogP contribution in [-0.2, 0) is 20.4 Å². The molecule has 0 spiro atoms. The molecular weight excluding hydrogens is 395 g/mol. The fourth-order valence-electron chi connectivity index (χ4n) is 2.55. The lowest BCUT2D eigenvalue weighted by atomic mass is 10.1. The number of hydrogen-bond donors (Lipinski definition) is 1. The van der Waals surface area contributed by atoms with Crippen molar-refractivity contribution in [1.82, 2.24) is 9.78 Å². The van der Waals surface area contributed by atoms with Gasteiger partial charge in [-0.15, -0.1) is 0 Å². The molecule has 0 saturated heterocycles. The molecule has 1 heterocycles. The summed E-state index contributed by atoms with van der Waals surface area (Å²) in [5, 5.41) is 5.90. The number of nitrogens with one attached hydrogen (secondary N) is 1. The Labute approximate surface area is 163 Å². The maximum Gasteiger partial charge on any atom is 0.435 e. The molecule has 0 bridgehead atoms. The molecule has 0 radical (unpaired) electrons. The molecule has 1 aromatic heterocycles. The van der Waals surface area contributed by atoms with E-state index in [1.54, 1.807) is 0 Å². The Hall–Kier alpha value is -3.37. The van der Waals surface area contributed by atoms with Crippen molar-refractivity contribution in [2.45, 2.75) is 26.1 Å². The molecule has 156 valence electrons. The summed E-state index contributed by atoms with van der Waals surface area (Å²) in [5.74, 6) is -2.21. The number of aromatic nitrogens is 2. The van der Waals surface area contributed by atoms with E-state index in [1.807, 2.05) is 0 Å². The van der Waals surface area contributed by atoms with Crippen molar-refractivity contribution in [3.8, 4) is 0 Å². The minimum absolute atomic E-state index is 0.0204. The summed E-state index contributed by atoms with van der Waals surface area (Å²) in [6.45, 7) is 2.75. The number of rotatable bonds is 5. The molecule has 11 heteroatoms. The van der Waals surface area contributed by atoms with E-state index in [9.17, 15) is 27.6 Å². The maximum absolute atomic E-state index is 12.8. The number of benzene rings is 1. The Kier molecular flexibility index (Phi) is 6.30. The van der Waals surface area contributed by atoms with Gasteiger partial charge in [-0.3, -0.25) is 9.48 Å². The van der Waals surface area contributed by atoms with Crippen LogP contribution in [0, 0.1) is 6.92 Å². The highest BCUT2D eigenvalue weighted by Crippen LogP contribution is 2.29. The first-order valence-corrected chi connectivity index (χ1v) is 8.23. The minimum atomic E-state index is -4.64. The van der Waals surface area contributed by atoms with Gasteiger partial charge in [-0.1, -0.05) is 0 Å². The fraction of sp³-hybridized carbons (Fsp3) is 0.333. The maximum atomic E-state index is 12.8. The van der Waals surface area contributed by atoms with E-state index in [4.69, 9.17) is 0 Å². The second-order valence-corrected chi connectivity index (χ2v) is 6.06. The van der Waals surface area contributed by atoms with Crippen molar-refractivity contribution in [2.24, 2.45) is 0 Å². The van der Waals surface area contributed by atoms with Crippen molar-refractivity contribution in [2.75, 3.05) is 19.5 Å². The highest BCUT2D eigenvalue weighted by atomic mass is 19.4. The van der Waals surface area contributed by atoms with Gasteiger partial charge >= 0.3 is 18.1 Å². The van der Waals surface area contributed by atoms with Crippen LogP contribution in [0.4, 0.5) is 18.9 Å².